The molecule has 1 atom stereocenters. The number of aliphatic hydroxyl groups excluding tert-OH is 1. The van der Waals surface area contributed by atoms with Gasteiger partial charge in [0, 0.05) is 24.0 Å². The van der Waals surface area contributed by atoms with Crippen molar-refractivity contribution < 1.29 is 19.4 Å². The lowest BCUT2D eigenvalue weighted by Gasteiger charge is -2.30. The predicted molar refractivity (Wildman–Crippen MR) is 113 cm³/mol. The Morgan fingerprint density at radius 3 is 2.43 bits per heavy atom. The summed E-state index contributed by atoms with van der Waals surface area (Å²) in [5, 5.41) is 11.1. The van der Waals surface area contributed by atoms with Crippen LogP contribution in [0.2, 0.25) is 0 Å². The van der Waals surface area contributed by atoms with Crippen LogP contribution < -0.4 is 4.74 Å². The monoisotopic (exact) mass is 406 g/mol. The fourth-order valence-corrected chi connectivity index (χ4v) is 4.39. The van der Waals surface area contributed by atoms with Gasteiger partial charge in [-0.15, -0.1) is 0 Å². The van der Waals surface area contributed by atoms with Crippen LogP contribution >= 0.6 is 0 Å². The summed E-state index contributed by atoms with van der Waals surface area (Å²) in [6, 6.07) is 9.90. The van der Waals surface area contributed by atoms with Crippen molar-refractivity contribution in [2.45, 2.75) is 57.7 Å². The van der Waals surface area contributed by atoms with Gasteiger partial charge in [-0.05, 0) is 62.6 Å². The maximum Gasteiger partial charge on any atom is 0.295 e. The van der Waals surface area contributed by atoms with Crippen LogP contribution in [0.25, 0.3) is 5.76 Å². The van der Waals surface area contributed by atoms with E-state index in [4.69, 9.17) is 4.74 Å². The topological polar surface area (TPSA) is 79.7 Å². The van der Waals surface area contributed by atoms with Crippen LogP contribution in [0.1, 0.15) is 56.7 Å². The summed E-state index contributed by atoms with van der Waals surface area (Å²) in [4.78, 5) is 31.9. The highest BCUT2D eigenvalue weighted by molar-refractivity contribution is 6.46. The maximum absolute atomic E-state index is 13.0. The molecule has 0 bridgehead atoms. The number of aromatic nitrogens is 1. The molecule has 1 amide bonds. The molecule has 6 nitrogen and oxygen atoms in total. The van der Waals surface area contributed by atoms with Crippen molar-refractivity contribution in [1.29, 1.82) is 0 Å². The Morgan fingerprint density at radius 1 is 1.13 bits per heavy atom. The van der Waals surface area contributed by atoms with Crippen molar-refractivity contribution in [3.05, 3.63) is 65.5 Å². The molecule has 1 aromatic heterocycles. The summed E-state index contributed by atoms with van der Waals surface area (Å²) in [6.07, 6.45) is 7.14. The minimum absolute atomic E-state index is 0.00114. The fourth-order valence-electron chi connectivity index (χ4n) is 4.39. The molecular weight excluding hydrogens is 380 g/mol. The first-order chi connectivity index (χ1) is 14.5. The van der Waals surface area contributed by atoms with Gasteiger partial charge in [-0.3, -0.25) is 14.6 Å². The molecule has 1 aliphatic carbocycles. The molecule has 30 heavy (non-hydrogen) atoms. The minimum Gasteiger partial charge on any atom is -0.507 e. The van der Waals surface area contributed by atoms with E-state index >= 15 is 0 Å². The average molecular weight is 406 g/mol. The van der Waals surface area contributed by atoms with Gasteiger partial charge < -0.3 is 14.7 Å². The minimum atomic E-state index is -0.643. The number of benzene rings is 1. The number of nitrogens with zero attached hydrogens (tertiary/aromatic N) is 2. The van der Waals surface area contributed by atoms with Crippen molar-refractivity contribution in [3.8, 4) is 5.75 Å². The van der Waals surface area contributed by atoms with E-state index in [9.17, 15) is 14.7 Å². The number of rotatable bonds is 5. The summed E-state index contributed by atoms with van der Waals surface area (Å²) in [5.41, 5.74) is 1.33. The first-order valence-corrected chi connectivity index (χ1v) is 10.4. The highest BCUT2D eigenvalue weighted by Crippen LogP contribution is 2.43. The first kappa shape index (κ1) is 20.1. The molecule has 1 saturated heterocycles. The molecule has 156 valence electrons. The number of carbonyl (C=O) groups excluding carboxylic acids is 2. The molecule has 1 aliphatic heterocycles. The number of pyridine rings is 1. The lowest BCUT2D eigenvalue weighted by Crippen LogP contribution is -2.37. The van der Waals surface area contributed by atoms with Crippen molar-refractivity contribution in [2.24, 2.45) is 0 Å². The summed E-state index contributed by atoms with van der Waals surface area (Å²) in [5.74, 6) is -0.677. The maximum atomic E-state index is 13.0. The Morgan fingerprint density at radius 2 is 1.83 bits per heavy atom. The molecule has 2 aromatic rings. The number of ketones is 1. The van der Waals surface area contributed by atoms with Crippen LogP contribution in [0.4, 0.5) is 0 Å². The van der Waals surface area contributed by atoms with Gasteiger partial charge >= 0.3 is 0 Å². The van der Waals surface area contributed by atoms with Gasteiger partial charge in [0.15, 0.2) is 0 Å². The fraction of sp³-hybridized carbons (Fsp3) is 0.375. The number of hydrogen-bond donors (Lipinski definition) is 1. The average Bonchev–Trinajstić information content (AvgIpc) is 3.35. The number of aliphatic hydroxyl groups is 1. The molecule has 0 radical (unpaired) electrons. The number of hydrogen-bond acceptors (Lipinski definition) is 5. The van der Waals surface area contributed by atoms with Crippen molar-refractivity contribution in [2.75, 3.05) is 0 Å². The second kappa shape index (κ2) is 8.30. The van der Waals surface area contributed by atoms with Crippen molar-refractivity contribution in [3.63, 3.8) is 0 Å². The van der Waals surface area contributed by atoms with E-state index in [0.717, 1.165) is 31.2 Å². The number of amides is 1. The molecule has 1 unspecified atom stereocenters. The molecule has 4 rings (SSSR count). The Labute approximate surface area is 176 Å². The predicted octanol–water partition coefficient (Wildman–Crippen LogP) is 4.23. The van der Waals surface area contributed by atoms with E-state index in [1.54, 1.807) is 47.6 Å². The van der Waals surface area contributed by atoms with Gasteiger partial charge in [0.1, 0.15) is 11.5 Å². The Hall–Kier alpha value is -3.15. The molecule has 2 fully saturated rings. The van der Waals surface area contributed by atoms with E-state index < -0.39 is 17.7 Å². The van der Waals surface area contributed by atoms with Crippen LogP contribution in [-0.2, 0) is 9.59 Å². The van der Waals surface area contributed by atoms with Crippen LogP contribution in [0.5, 0.6) is 5.75 Å². The summed E-state index contributed by atoms with van der Waals surface area (Å²) >= 11 is 0. The first-order valence-electron chi connectivity index (χ1n) is 10.4. The van der Waals surface area contributed by atoms with E-state index in [1.165, 1.54) is 0 Å². The summed E-state index contributed by atoms with van der Waals surface area (Å²) < 4.78 is 5.65. The van der Waals surface area contributed by atoms with Gasteiger partial charge in [0.2, 0.25) is 0 Å². The second-order valence-electron chi connectivity index (χ2n) is 8.12. The van der Waals surface area contributed by atoms with E-state index in [2.05, 4.69) is 4.98 Å². The third-order valence-corrected chi connectivity index (χ3v) is 5.70. The van der Waals surface area contributed by atoms with Crippen molar-refractivity contribution >= 4 is 17.4 Å². The third kappa shape index (κ3) is 3.70. The molecule has 0 spiro atoms. The SMILES string of the molecule is CC(C)Oc1ccc(/C(O)=C2/C(=O)C(=O)N(C3CCCC3)C2c2cccnc2)cc1. The third-order valence-electron chi connectivity index (χ3n) is 5.70. The molecule has 1 aromatic carbocycles. The molecule has 1 N–H and O–H groups in total. The normalized spacial score (nSPS) is 21.6. The van der Waals surface area contributed by atoms with Gasteiger partial charge in [0.25, 0.3) is 11.7 Å². The van der Waals surface area contributed by atoms with Crippen LogP contribution in [0.15, 0.2) is 54.4 Å². The Kier molecular flexibility index (Phi) is 5.57. The number of likely N-dealkylation sites (tertiary alicyclic amines) is 1. The lowest BCUT2D eigenvalue weighted by molar-refractivity contribution is -0.141. The largest absolute Gasteiger partial charge is 0.507 e. The standard InChI is InChI=1S/C24H26N2O4/c1-15(2)30-19-11-9-16(10-12-19)22(27)20-21(17-6-5-13-25-14-17)26(24(29)23(20)28)18-7-3-4-8-18/h5-6,9-15,18,21,27H,3-4,7-8H2,1-2H3/b22-20-. The van der Waals surface area contributed by atoms with Crippen LogP contribution in [-0.4, -0.2) is 38.8 Å². The van der Waals surface area contributed by atoms with Crippen molar-refractivity contribution in [1.82, 2.24) is 9.88 Å². The van der Waals surface area contributed by atoms with Crippen LogP contribution in [0, 0.1) is 0 Å². The zero-order valence-electron chi connectivity index (χ0n) is 17.2. The van der Waals surface area contributed by atoms with Gasteiger partial charge in [-0.1, -0.05) is 18.9 Å². The van der Waals surface area contributed by atoms with Gasteiger partial charge in [-0.25, -0.2) is 0 Å². The highest BCUT2D eigenvalue weighted by atomic mass is 16.5. The number of Topliss-reactive ketones (excluding diaryl/α,β-unsaturated/α-hetero) is 1. The smallest absolute Gasteiger partial charge is 0.295 e. The highest BCUT2D eigenvalue weighted by Gasteiger charge is 2.49. The van der Waals surface area contributed by atoms with Crippen LogP contribution in [0.3, 0.4) is 0 Å². The number of carbonyl (C=O) groups is 2. The molecule has 6 heteroatoms. The molecular formula is C24H26N2O4. The van der Waals surface area contributed by atoms with Gasteiger partial charge in [-0.2, -0.15) is 0 Å². The lowest BCUT2D eigenvalue weighted by atomic mass is 9.95. The summed E-state index contributed by atoms with van der Waals surface area (Å²) in [7, 11) is 0. The Bertz CT molecular complexity index is 960. The number of ether oxygens (including phenoxy) is 1. The van der Waals surface area contributed by atoms with E-state index in [1.807, 2.05) is 19.9 Å². The van der Waals surface area contributed by atoms with E-state index in [0.29, 0.717) is 11.3 Å². The quantitative estimate of drug-likeness (QED) is 0.457. The molecule has 2 heterocycles. The molecule has 1 saturated carbocycles. The Balaban J connectivity index is 1.79. The zero-order chi connectivity index (χ0) is 21.3. The zero-order valence-corrected chi connectivity index (χ0v) is 17.2. The van der Waals surface area contributed by atoms with E-state index in [-0.39, 0.29) is 23.5 Å². The second-order valence-corrected chi connectivity index (χ2v) is 8.12. The molecule has 2 aliphatic rings. The van der Waals surface area contributed by atoms with Gasteiger partial charge in [0.05, 0.1) is 17.7 Å². The summed E-state index contributed by atoms with van der Waals surface area (Å²) in [6.45, 7) is 3.87.